The molecule has 0 bridgehead atoms. The lowest BCUT2D eigenvalue weighted by Crippen LogP contribution is -2.20. The number of carbonyl (C=O) groups is 1. The van der Waals surface area contributed by atoms with Crippen molar-refractivity contribution in [3.8, 4) is 0 Å². The highest BCUT2D eigenvalue weighted by molar-refractivity contribution is 9.10. The molecule has 0 saturated heterocycles. The lowest BCUT2D eigenvalue weighted by Gasteiger charge is -2.20. The normalized spacial score (nSPS) is 16.8. The van der Waals surface area contributed by atoms with Gasteiger partial charge in [0, 0.05) is 16.8 Å². The molecule has 1 aliphatic rings. The minimum atomic E-state index is -3.78. The van der Waals surface area contributed by atoms with Gasteiger partial charge in [0.2, 0.25) is 0 Å². The highest BCUT2D eigenvalue weighted by atomic mass is 79.9. The number of Topliss-reactive ketones (excluding diaryl/α,β-unsaturated/α-hetero) is 1. The van der Waals surface area contributed by atoms with Crippen molar-refractivity contribution in [1.29, 1.82) is 0 Å². The van der Waals surface area contributed by atoms with Crippen molar-refractivity contribution in [2.24, 2.45) is 5.92 Å². The second-order valence-electron chi connectivity index (χ2n) is 5.28. The molecule has 21 heavy (non-hydrogen) atoms. The molecule has 0 atom stereocenters. The molecule has 116 valence electrons. The Hall–Kier alpha value is -0.720. The average Bonchev–Trinajstić information content (AvgIpc) is 2.48. The molecule has 0 aliphatic heterocycles. The van der Waals surface area contributed by atoms with Crippen LogP contribution in [0.25, 0.3) is 0 Å². The number of rotatable bonds is 6. The highest BCUT2D eigenvalue weighted by Crippen LogP contribution is 2.25. The predicted octanol–water partition coefficient (Wildman–Crippen LogP) is 3.69. The summed E-state index contributed by atoms with van der Waals surface area (Å²) in [5, 5.41) is 0. The maximum absolute atomic E-state index is 12.0. The van der Waals surface area contributed by atoms with Crippen molar-refractivity contribution in [2.75, 3.05) is 6.61 Å². The summed E-state index contributed by atoms with van der Waals surface area (Å²) in [6, 6.07) is 6.23. The standard InChI is InChI=1S/C15H19BrO4S/c16-13-6-8-14(9-7-13)21(18,19)20-11-10-15(17)12-4-2-1-3-5-12/h6-9,12H,1-5,10-11H2. The van der Waals surface area contributed by atoms with Crippen LogP contribution in [0.3, 0.4) is 0 Å². The molecular formula is C15H19BrO4S. The molecule has 0 spiro atoms. The monoisotopic (exact) mass is 374 g/mol. The number of carbonyl (C=O) groups excluding carboxylic acids is 1. The first-order valence-corrected chi connectivity index (χ1v) is 9.37. The number of halogens is 1. The summed E-state index contributed by atoms with van der Waals surface area (Å²) in [7, 11) is -3.78. The number of benzene rings is 1. The van der Waals surface area contributed by atoms with Crippen LogP contribution in [0.4, 0.5) is 0 Å². The van der Waals surface area contributed by atoms with E-state index in [2.05, 4.69) is 15.9 Å². The van der Waals surface area contributed by atoms with Gasteiger partial charge < -0.3 is 0 Å². The van der Waals surface area contributed by atoms with E-state index in [1.54, 1.807) is 12.1 Å². The van der Waals surface area contributed by atoms with Gasteiger partial charge in [0.05, 0.1) is 11.5 Å². The van der Waals surface area contributed by atoms with Crippen LogP contribution in [-0.4, -0.2) is 20.8 Å². The largest absolute Gasteiger partial charge is 0.299 e. The summed E-state index contributed by atoms with van der Waals surface area (Å²) >= 11 is 3.25. The van der Waals surface area contributed by atoms with Gasteiger partial charge in [0.15, 0.2) is 0 Å². The van der Waals surface area contributed by atoms with Crippen LogP contribution in [0.15, 0.2) is 33.6 Å². The summed E-state index contributed by atoms with van der Waals surface area (Å²) < 4.78 is 29.7. The van der Waals surface area contributed by atoms with Gasteiger partial charge in [-0.1, -0.05) is 35.2 Å². The van der Waals surface area contributed by atoms with E-state index in [1.165, 1.54) is 18.6 Å². The predicted molar refractivity (Wildman–Crippen MR) is 83.5 cm³/mol. The molecule has 1 aromatic carbocycles. The van der Waals surface area contributed by atoms with Crippen LogP contribution in [0, 0.1) is 5.92 Å². The second kappa shape index (κ2) is 7.51. The van der Waals surface area contributed by atoms with Gasteiger partial charge in [0.25, 0.3) is 10.1 Å². The first-order valence-electron chi connectivity index (χ1n) is 7.17. The third kappa shape index (κ3) is 4.90. The molecule has 4 nitrogen and oxygen atoms in total. The number of hydrogen-bond acceptors (Lipinski definition) is 4. The SMILES string of the molecule is O=C(CCOS(=O)(=O)c1ccc(Br)cc1)C1CCCCC1. The molecule has 1 fully saturated rings. The number of hydrogen-bond donors (Lipinski definition) is 0. The number of ketones is 1. The van der Waals surface area contributed by atoms with E-state index in [0.717, 1.165) is 30.2 Å². The lowest BCUT2D eigenvalue weighted by atomic mass is 9.85. The Morgan fingerprint density at radius 1 is 1.14 bits per heavy atom. The zero-order valence-electron chi connectivity index (χ0n) is 11.8. The molecule has 1 saturated carbocycles. The van der Waals surface area contributed by atoms with Crippen LogP contribution in [0.2, 0.25) is 0 Å². The van der Waals surface area contributed by atoms with Crippen LogP contribution < -0.4 is 0 Å². The van der Waals surface area contributed by atoms with E-state index in [1.807, 2.05) is 0 Å². The summed E-state index contributed by atoms with van der Waals surface area (Å²) in [6.07, 6.45) is 5.40. The Bertz CT molecular complexity index is 574. The fourth-order valence-electron chi connectivity index (χ4n) is 2.55. The van der Waals surface area contributed by atoms with E-state index < -0.39 is 10.1 Å². The van der Waals surface area contributed by atoms with E-state index in [4.69, 9.17) is 4.18 Å². The van der Waals surface area contributed by atoms with Crippen molar-refractivity contribution in [3.05, 3.63) is 28.7 Å². The first kappa shape index (κ1) is 16.6. The third-order valence-corrected chi connectivity index (χ3v) is 5.60. The van der Waals surface area contributed by atoms with Gasteiger partial charge in [-0.25, -0.2) is 0 Å². The molecule has 0 N–H and O–H groups in total. The molecule has 0 heterocycles. The average molecular weight is 375 g/mol. The lowest BCUT2D eigenvalue weighted by molar-refractivity contribution is -0.124. The fourth-order valence-corrected chi connectivity index (χ4v) is 3.72. The molecule has 0 radical (unpaired) electrons. The third-order valence-electron chi connectivity index (χ3n) is 3.75. The Morgan fingerprint density at radius 3 is 2.38 bits per heavy atom. The van der Waals surface area contributed by atoms with Crippen molar-refractivity contribution < 1.29 is 17.4 Å². The zero-order valence-corrected chi connectivity index (χ0v) is 14.2. The summed E-state index contributed by atoms with van der Waals surface area (Å²) in [6.45, 7) is -0.0757. The van der Waals surface area contributed by atoms with Crippen molar-refractivity contribution in [1.82, 2.24) is 0 Å². The van der Waals surface area contributed by atoms with Crippen LogP contribution in [-0.2, 0) is 19.1 Å². The van der Waals surface area contributed by atoms with Crippen LogP contribution in [0.1, 0.15) is 38.5 Å². The molecular weight excluding hydrogens is 356 g/mol. The van der Waals surface area contributed by atoms with Crippen molar-refractivity contribution in [2.45, 2.75) is 43.4 Å². The van der Waals surface area contributed by atoms with Gasteiger partial charge in [0.1, 0.15) is 5.78 Å². The Balaban J connectivity index is 1.84. The molecule has 0 unspecified atom stereocenters. The van der Waals surface area contributed by atoms with E-state index in [0.29, 0.717) is 0 Å². The van der Waals surface area contributed by atoms with E-state index >= 15 is 0 Å². The van der Waals surface area contributed by atoms with E-state index in [9.17, 15) is 13.2 Å². The summed E-state index contributed by atoms with van der Waals surface area (Å²) in [5.74, 6) is 0.221. The molecule has 1 aromatic rings. The van der Waals surface area contributed by atoms with Crippen molar-refractivity contribution in [3.63, 3.8) is 0 Å². The summed E-state index contributed by atoms with van der Waals surface area (Å²) in [5.41, 5.74) is 0. The molecule has 1 aliphatic carbocycles. The molecule has 0 amide bonds. The van der Waals surface area contributed by atoms with Gasteiger partial charge >= 0.3 is 0 Å². The Labute approximate surface area is 134 Å². The Kier molecular flexibility index (Phi) is 5.96. The Morgan fingerprint density at radius 2 is 1.76 bits per heavy atom. The topological polar surface area (TPSA) is 60.4 Å². The quantitative estimate of drug-likeness (QED) is 0.712. The molecule has 2 rings (SSSR count). The fraction of sp³-hybridized carbons (Fsp3) is 0.533. The van der Waals surface area contributed by atoms with Gasteiger partial charge in [-0.3, -0.25) is 8.98 Å². The van der Waals surface area contributed by atoms with Crippen LogP contribution >= 0.6 is 15.9 Å². The zero-order chi connectivity index (χ0) is 15.3. The van der Waals surface area contributed by atoms with Gasteiger partial charge in [-0.15, -0.1) is 0 Å². The molecule has 6 heteroatoms. The molecule has 0 aromatic heterocycles. The first-order chi connectivity index (χ1) is 9.99. The minimum Gasteiger partial charge on any atom is -0.299 e. The maximum atomic E-state index is 12.0. The second-order valence-corrected chi connectivity index (χ2v) is 7.81. The smallest absolute Gasteiger partial charge is 0.296 e. The van der Waals surface area contributed by atoms with Crippen molar-refractivity contribution >= 4 is 31.8 Å². The van der Waals surface area contributed by atoms with Gasteiger partial charge in [-0.2, -0.15) is 8.42 Å². The van der Waals surface area contributed by atoms with Gasteiger partial charge in [-0.05, 0) is 37.1 Å². The highest BCUT2D eigenvalue weighted by Gasteiger charge is 2.22. The minimum absolute atomic E-state index is 0.0757. The van der Waals surface area contributed by atoms with E-state index in [-0.39, 0.29) is 29.6 Å². The van der Waals surface area contributed by atoms with Crippen LogP contribution in [0.5, 0.6) is 0 Å². The summed E-state index contributed by atoms with van der Waals surface area (Å²) in [4.78, 5) is 12.1. The maximum Gasteiger partial charge on any atom is 0.296 e.